The van der Waals surface area contributed by atoms with Crippen molar-refractivity contribution in [1.82, 2.24) is 0 Å². The zero-order valence-electron chi connectivity index (χ0n) is 14.0. The van der Waals surface area contributed by atoms with E-state index in [-0.39, 0.29) is 6.29 Å². The average Bonchev–Trinajstić information content (AvgIpc) is 3.04. The van der Waals surface area contributed by atoms with Gasteiger partial charge in [-0.1, -0.05) is 18.2 Å². The molecule has 1 aromatic rings. The van der Waals surface area contributed by atoms with Crippen molar-refractivity contribution in [2.45, 2.75) is 48.5 Å². The molecule has 0 spiro atoms. The van der Waals surface area contributed by atoms with Crippen molar-refractivity contribution in [2.75, 3.05) is 18.1 Å². The van der Waals surface area contributed by atoms with Crippen LogP contribution in [0, 0.1) is 0 Å². The monoisotopic (exact) mass is 414 g/mol. The molecule has 0 aromatic heterocycles. The maximum absolute atomic E-state index is 10.7. The molecular formula is C16H21F3O5S2. The number of hydrogen-bond acceptors (Lipinski definition) is 5. The quantitative estimate of drug-likeness (QED) is 0.432. The number of hydrogen-bond donors (Lipinski definition) is 0. The van der Waals surface area contributed by atoms with Gasteiger partial charge in [0.15, 0.2) is 21.3 Å². The highest BCUT2D eigenvalue weighted by Gasteiger charge is 2.37. The summed E-state index contributed by atoms with van der Waals surface area (Å²) in [6.45, 7) is 0.877. The lowest BCUT2D eigenvalue weighted by Crippen LogP contribution is -2.28. The molecule has 0 radical (unpaired) electrons. The second-order valence-corrected chi connectivity index (χ2v) is 9.49. The summed E-state index contributed by atoms with van der Waals surface area (Å²) in [5, 5.41) is 0. The minimum atomic E-state index is -6.09. The van der Waals surface area contributed by atoms with E-state index in [0.717, 1.165) is 13.0 Å². The molecule has 0 aliphatic carbocycles. The van der Waals surface area contributed by atoms with Crippen molar-refractivity contribution < 1.29 is 35.6 Å². The van der Waals surface area contributed by atoms with Gasteiger partial charge in [-0.3, -0.25) is 0 Å². The Morgan fingerprint density at radius 2 is 1.81 bits per heavy atom. The van der Waals surface area contributed by atoms with Crippen molar-refractivity contribution in [2.24, 2.45) is 0 Å². The van der Waals surface area contributed by atoms with E-state index in [4.69, 9.17) is 22.4 Å². The van der Waals surface area contributed by atoms with Crippen LogP contribution in [0.2, 0.25) is 0 Å². The number of ether oxygens (including phenoxy) is 2. The second-order valence-electron chi connectivity index (χ2n) is 5.92. The van der Waals surface area contributed by atoms with E-state index in [1.807, 2.05) is 0 Å². The van der Waals surface area contributed by atoms with Crippen LogP contribution in [0.3, 0.4) is 0 Å². The third-order valence-electron chi connectivity index (χ3n) is 3.92. The van der Waals surface area contributed by atoms with Crippen molar-refractivity contribution >= 4 is 21.0 Å². The summed E-state index contributed by atoms with van der Waals surface area (Å²) in [5.41, 5.74) is -5.65. The van der Waals surface area contributed by atoms with Gasteiger partial charge in [-0.15, -0.1) is 0 Å². The van der Waals surface area contributed by atoms with Gasteiger partial charge in [0.05, 0.1) is 0 Å². The fourth-order valence-corrected chi connectivity index (χ4v) is 5.01. The maximum atomic E-state index is 10.7. The van der Waals surface area contributed by atoms with Crippen LogP contribution in [0.1, 0.15) is 25.7 Å². The molecule has 1 aromatic carbocycles. The predicted octanol–water partition coefficient (Wildman–Crippen LogP) is 3.03. The summed E-state index contributed by atoms with van der Waals surface area (Å²) < 4.78 is 70.7. The molecular weight excluding hydrogens is 393 g/mol. The molecule has 2 aliphatic heterocycles. The molecule has 2 saturated heterocycles. The van der Waals surface area contributed by atoms with E-state index in [1.54, 1.807) is 0 Å². The number of benzene rings is 1. The third-order valence-corrected chi connectivity index (χ3v) is 6.92. The summed E-state index contributed by atoms with van der Waals surface area (Å²) in [6, 6.07) is 10.9. The maximum Gasteiger partial charge on any atom is 0.485 e. The third kappa shape index (κ3) is 6.73. The molecule has 3 unspecified atom stereocenters. The van der Waals surface area contributed by atoms with Gasteiger partial charge >= 0.3 is 5.51 Å². The smallest absolute Gasteiger partial charge is 0.485 e. The molecule has 2 fully saturated rings. The average molecular weight is 414 g/mol. The first-order valence-corrected chi connectivity index (χ1v) is 11.2. The van der Waals surface area contributed by atoms with E-state index in [2.05, 4.69) is 30.3 Å². The Balaban J connectivity index is 0.000000260. The fourth-order valence-electron chi connectivity index (χ4n) is 2.63. The Kier molecular flexibility index (Phi) is 7.77. The highest BCUT2D eigenvalue weighted by molar-refractivity contribution is 7.97. The molecule has 2 aliphatic rings. The summed E-state index contributed by atoms with van der Waals surface area (Å²) >= 11 is 0. The van der Waals surface area contributed by atoms with Crippen LogP contribution < -0.4 is 0 Å². The summed E-state index contributed by atoms with van der Waals surface area (Å²) in [4.78, 5) is 1.49. The van der Waals surface area contributed by atoms with Crippen molar-refractivity contribution in [1.29, 1.82) is 0 Å². The molecule has 2 heterocycles. The van der Waals surface area contributed by atoms with Gasteiger partial charge in [0, 0.05) is 23.9 Å². The van der Waals surface area contributed by atoms with Gasteiger partial charge in [-0.25, -0.2) is 8.42 Å². The molecule has 148 valence electrons. The first-order valence-electron chi connectivity index (χ1n) is 8.18. The fraction of sp³-hybridized carbons (Fsp3) is 0.625. The molecule has 0 bridgehead atoms. The minimum Gasteiger partial charge on any atom is -0.741 e. The predicted molar refractivity (Wildman–Crippen MR) is 90.6 cm³/mol. The van der Waals surface area contributed by atoms with Crippen molar-refractivity contribution in [3.63, 3.8) is 0 Å². The van der Waals surface area contributed by atoms with Crippen LogP contribution in [-0.2, 0) is 30.5 Å². The topological polar surface area (TPSA) is 75.7 Å². The van der Waals surface area contributed by atoms with Crippen molar-refractivity contribution in [3.05, 3.63) is 30.3 Å². The van der Waals surface area contributed by atoms with E-state index < -0.39 is 15.6 Å². The van der Waals surface area contributed by atoms with Crippen LogP contribution in [0.5, 0.6) is 0 Å². The Hall–Kier alpha value is -0.810. The summed E-state index contributed by atoms with van der Waals surface area (Å²) in [5.74, 6) is 2.46. The number of alkyl halides is 3. The van der Waals surface area contributed by atoms with Crippen molar-refractivity contribution in [3.8, 4) is 0 Å². The van der Waals surface area contributed by atoms with E-state index in [9.17, 15) is 13.2 Å². The lowest BCUT2D eigenvalue weighted by Gasteiger charge is -2.24. The standard InChI is InChI=1S/C15H21O2S.CHF3O3S/c1-2-6-14(7-3-1)18-11-9-13(12-18)17-15-8-4-5-10-16-15;2-1(3,4)8(5,6)7/h1-3,6-7,13,15H,4-5,8-12H2;(H,5,6,7)/q+1;/p-1. The van der Waals surface area contributed by atoms with Gasteiger partial charge in [-0.05, 0) is 31.4 Å². The van der Waals surface area contributed by atoms with Gasteiger partial charge < -0.3 is 14.0 Å². The zero-order chi connectivity index (χ0) is 19.2. The molecule has 5 nitrogen and oxygen atoms in total. The largest absolute Gasteiger partial charge is 0.741 e. The minimum absolute atomic E-state index is 0.0723. The Morgan fingerprint density at radius 1 is 1.15 bits per heavy atom. The zero-order valence-corrected chi connectivity index (χ0v) is 15.6. The summed E-state index contributed by atoms with van der Waals surface area (Å²) in [7, 11) is -5.70. The molecule has 0 amide bonds. The van der Waals surface area contributed by atoms with Gasteiger partial charge in [0.25, 0.3) is 0 Å². The van der Waals surface area contributed by atoms with Crippen LogP contribution in [-0.4, -0.2) is 49.0 Å². The molecule has 10 heteroatoms. The molecule has 0 saturated carbocycles. The van der Waals surface area contributed by atoms with Gasteiger partial charge in [-0.2, -0.15) is 13.2 Å². The van der Waals surface area contributed by atoms with Crippen LogP contribution in [0.25, 0.3) is 0 Å². The summed E-state index contributed by atoms with van der Waals surface area (Å²) in [6.07, 6.45) is 5.20. The lowest BCUT2D eigenvalue weighted by molar-refractivity contribution is -0.182. The molecule has 0 N–H and O–H groups in total. The Morgan fingerprint density at radius 3 is 2.35 bits per heavy atom. The van der Waals surface area contributed by atoms with E-state index in [1.165, 1.54) is 35.7 Å². The highest BCUT2D eigenvalue weighted by Crippen LogP contribution is 2.27. The van der Waals surface area contributed by atoms with Crippen LogP contribution in [0.15, 0.2) is 35.2 Å². The van der Waals surface area contributed by atoms with Gasteiger partial charge in [0.1, 0.15) is 17.6 Å². The Labute approximate surface area is 154 Å². The SMILES string of the molecule is O=S(=O)([O-])C(F)(F)F.c1ccc([S+]2CCC(OC3CCCCO3)C2)cc1. The van der Waals surface area contributed by atoms with Crippen LogP contribution in [0.4, 0.5) is 13.2 Å². The molecule has 3 rings (SSSR count). The molecule has 3 atom stereocenters. The first-order chi connectivity index (χ1) is 12.2. The Bertz CT molecular complexity index is 646. The van der Waals surface area contributed by atoms with Gasteiger partial charge in [0.2, 0.25) is 0 Å². The second kappa shape index (κ2) is 9.41. The highest BCUT2D eigenvalue weighted by atomic mass is 32.2. The lowest BCUT2D eigenvalue weighted by atomic mass is 10.2. The molecule has 26 heavy (non-hydrogen) atoms. The first kappa shape index (κ1) is 21.5. The number of halogens is 3. The van der Waals surface area contributed by atoms with E-state index >= 15 is 0 Å². The number of rotatable bonds is 3. The normalized spacial score (nSPS) is 26.8. The van der Waals surface area contributed by atoms with E-state index in [0.29, 0.717) is 17.0 Å². The van der Waals surface area contributed by atoms with Crippen LogP contribution >= 0.6 is 0 Å².